The van der Waals surface area contributed by atoms with Crippen LogP contribution in [0.25, 0.3) is 0 Å². The van der Waals surface area contributed by atoms with Crippen LogP contribution in [0.3, 0.4) is 0 Å². The first-order chi connectivity index (χ1) is 11.7. The molecule has 7 nitrogen and oxygen atoms in total. The summed E-state index contributed by atoms with van der Waals surface area (Å²) in [6, 6.07) is 9.15. The molecule has 0 aliphatic heterocycles. The van der Waals surface area contributed by atoms with E-state index < -0.39 is 15.9 Å². The summed E-state index contributed by atoms with van der Waals surface area (Å²) in [5, 5.41) is 12.3. The fraction of sp³-hybridized carbons (Fsp3) is 0.133. The van der Waals surface area contributed by atoms with Gasteiger partial charge in [0.15, 0.2) is 0 Å². The van der Waals surface area contributed by atoms with Crippen molar-refractivity contribution in [3.63, 3.8) is 0 Å². The number of rotatable bonds is 5. The minimum absolute atomic E-state index is 0.00359. The minimum atomic E-state index is -3.69. The summed E-state index contributed by atoms with van der Waals surface area (Å²) >= 11 is 8.29. The molecular formula is C15H15ClIN3O4S. The predicted octanol–water partition coefficient (Wildman–Crippen LogP) is 3.06. The molecule has 25 heavy (non-hydrogen) atoms. The van der Waals surface area contributed by atoms with Crippen molar-refractivity contribution in [3.05, 3.63) is 50.6 Å². The van der Waals surface area contributed by atoms with E-state index in [9.17, 15) is 13.2 Å². The zero-order valence-electron chi connectivity index (χ0n) is 13.2. The Kier molecular flexibility index (Phi) is 6.27. The van der Waals surface area contributed by atoms with E-state index in [1.54, 1.807) is 18.2 Å². The average molecular weight is 496 g/mol. The maximum atomic E-state index is 12.3. The lowest BCUT2D eigenvalue weighted by Gasteiger charge is -2.16. The van der Waals surface area contributed by atoms with Crippen molar-refractivity contribution in [2.24, 2.45) is 0 Å². The van der Waals surface area contributed by atoms with Gasteiger partial charge in [0.25, 0.3) is 5.91 Å². The number of nitrogens with one attached hydrogen (secondary N) is 2. The third kappa shape index (κ3) is 4.42. The largest absolute Gasteiger partial charge is 0.354 e. The van der Waals surface area contributed by atoms with Crippen LogP contribution in [0.5, 0.6) is 0 Å². The van der Waals surface area contributed by atoms with Crippen LogP contribution in [-0.4, -0.2) is 37.9 Å². The second kappa shape index (κ2) is 7.87. The fourth-order valence-corrected chi connectivity index (χ4v) is 3.82. The highest BCUT2D eigenvalue weighted by Gasteiger charge is 2.21. The van der Waals surface area contributed by atoms with Gasteiger partial charge in [-0.3, -0.25) is 10.0 Å². The minimum Gasteiger partial charge on any atom is -0.354 e. The topological polar surface area (TPSA) is 98.7 Å². The number of hydrogen-bond acceptors (Lipinski definition) is 5. The Bertz CT molecular complexity index is 919. The Balaban J connectivity index is 2.57. The molecule has 0 bridgehead atoms. The Labute approximate surface area is 164 Å². The molecule has 0 heterocycles. The van der Waals surface area contributed by atoms with Gasteiger partial charge in [-0.2, -0.15) is 0 Å². The Hall–Kier alpha value is -1.40. The molecular weight excluding hydrogens is 481 g/mol. The molecule has 0 radical (unpaired) electrons. The first kappa shape index (κ1) is 19.9. The number of sulfonamides is 1. The van der Waals surface area contributed by atoms with E-state index in [0.717, 1.165) is 7.88 Å². The number of carbonyl (C=O) groups excluding carboxylic acids is 1. The molecule has 0 saturated heterocycles. The lowest BCUT2D eigenvalue weighted by atomic mass is 10.1. The summed E-state index contributed by atoms with van der Waals surface area (Å²) in [6.45, 7) is 0. The Morgan fingerprint density at radius 2 is 1.84 bits per heavy atom. The number of nitrogens with zero attached hydrogens (tertiary/aromatic N) is 1. The molecule has 0 spiro atoms. The molecule has 2 aromatic rings. The molecule has 0 atom stereocenters. The summed E-state index contributed by atoms with van der Waals surface area (Å²) in [6.07, 6.45) is 0. The summed E-state index contributed by atoms with van der Waals surface area (Å²) in [5.41, 5.74) is 2.29. The smallest absolute Gasteiger partial charge is 0.276 e. The van der Waals surface area contributed by atoms with Gasteiger partial charge >= 0.3 is 0 Å². The maximum absolute atomic E-state index is 12.3. The van der Waals surface area contributed by atoms with Crippen LogP contribution in [-0.2, 0) is 10.0 Å². The lowest BCUT2D eigenvalue weighted by Crippen LogP contribution is -2.23. The molecule has 10 heteroatoms. The number of hydrogen-bond donors (Lipinski definition) is 3. The summed E-state index contributed by atoms with van der Waals surface area (Å²) < 4.78 is 26.6. The number of halogens is 2. The SMILES string of the molecule is CN(C)S(=O)(=O)c1ccc(C(=O)NO)c(Nc2ccc(I)cc2Cl)c1. The van der Waals surface area contributed by atoms with Gasteiger partial charge in [-0.15, -0.1) is 0 Å². The van der Waals surface area contributed by atoms with Crippen molar-refractivity contribution in [1.29, 1.82) is 0 Å². The van der Waals surface area contributed by atoms with Crippen LogP contribution in [0.4, 0.5) is 11.4 Å². The number of benzene rings is 2. The van der Waals surface area contributed by atoms with Crippen LogP contribution >= 0.6 is 34.2 Å². The van der Waals surface area contributed by atoms with E-state index >= 15 is 0 Å². The Morgan fingerprint density at radius 1 is 1.16 bits per heavy atom. The molecule has 0 aliphatic carbocycles. The monoisotopic (exact) mass is 495 g/mol. The third-order valence-electron chi connectivity index (χ3n) is 3.32. The van der Waals surface area contributed by atoms with Crippen LogP contribution < -0.4 is 10.8 Å². The highest BCUT2D eigenvalue weighted by molar-refractivity contribution is 14.1. The van der Waals surface area contributed by atoms with Gasteiger partial charge in [-0.05, 0) is 59.0 Å². The molecule has 0 unspecified atom stereocenters. The van der Waals surface area contributed by atoms with Gasteiger partial charge in [0.05, 0.1) is 26.9 Å². The van der Waals surface area contributed by atoms with Gasteiger partial charge in [0, 0.05) is 17.7 Å². The Morgan fingerprint density at radius 3 is 2.40 bits per heavy atom. The first-order valence-electron chi connectivity index (χ1n) is 6.90. The normalized spacial score (nSPS) is 11.4. The second-order valence-electron chi connectivity index (χ2n) is 5.18. The van der Waals surface area contributed by atoms with E-state index in [1.807, 2.05) is 0 Å². The van der Waals surface area contributed by atoms with E-state index in [-0.39, 0.29) is 16.1 Å². The van der Waals surface area contributed by atoms with E-state index in [1.165, 1.54) is 37.8 Å². The van der Waals surface area contributed by atoms with Crippen LogP contribution in [0.1, 0.15) is 10.4 Å². The van der Waals surface area contributed by atoms with E-state index in [2.05, 4.69) is 27.9 Å². The third-order valence-corrected chi connectivity index (χ3v) is 6.11. The standard InChI is InChI=1S/C15H15ClIN3O4S/c1-20(2)25(23,24)10-4-5-11(15(21)19-22)14(8-10)18-13-6-3-9(17)7-12(13)16/h3-8,18,22H,1-2H3,(H,19,21). The molecule has 0 fully saturated rings. The van der Waals surface area contributed by atoms with Crippen LogP contribution in [0.2, 0.25) is 5.02 Å². The van der Waals surface area contributed by atoms with Gasteiger partial charge in [0.2, 0.25) is 10.0 Å². The van der Waals surface area contributed by atoms with Crippen molar-refractivity contribution in [1.82, 2.24) is 9.79 Å². The molecule has 0 aliphatic rings. The number of anilines is 2. The van der Waals surface area contributed by atoms with Crippen molar-refractivity contribution in [3.8, 4) is 0 Å². The van der Waals surface area contributed by atoms with E-state index in [0.29, 0.717) is 10.7 Å². The average Bonchev–Trinajstić information content (AvgIpc) is 2.56. The number of carbonyl (C=O) groups is 1. The molecule has 2 aromatic carbocycles. The molecule has 3 N–H and O–H groups in total. The van der Waals surface area contributed by atoms with Crippen molar-refractivity contribution in [2.75, 3.05) is 19.4 Å². The summed E-state index contributed by atoms with van der Waals surface area (Å²) in [5.74, 6) is -0.780. The predicted molar refractivity (Wildman–Crippen MR) is 104 cm³/mol. The van der Waals surface area contributed by atoms with Gasteiger partial charge < -0.3 is 5.32 Å². The van der Waals surface area contributed by atoms with Crippen molar-refractivity contribution >= 4 is 61.5 Å². The van der Waals surface area contributed by atoms with Crippen molar-refractivity contribution in [2.45, 2.75) is 4.90 Å². The zero-order valence-corrected chi connectivity index (χ0v) is 17.0. The molecule has 0 saturated carbocycles. The van der Waals surface area contributed by atoms with Gasteiger partial charge in [0.1, 0.15) is 0 Å². The number of amides is 1. The first-order valence-corrected chi connectivity index (χ1v) is 9.79. The number of hydroxylamine groups is 1. The fourth-order valence-electron chi connectivity index (χ4n) is 1.99. The zero-order chi connectivity index (χ0) is 18.8. The molecule has 1 amide bonds. The van der Waals surface area contributed by atoms with Crippen LogP contribution in [0, 0.1) is 3.57 Å². The molecule has 134 valence electrons. The van der Waals surface area contributed by atoms with Gasteiger partial charge in [-0.1, -0.05) is 11.6 Å². The lowest BCUT2D eigenvalue weighted by molar-refractivity contribution is 0.0707. The van der Waals surface area contributed by atoms with Crippen molar-refractivity contribution < 1.29 is 18.4 Å². The highest BCUT2D eigenvalue weighted by Crippen LogP contribution is 2.30. The molecule has 0 aromatic heterocycles. The quantitative estimate of drug-likeness (QED) is 0.336. The van der Waals surface area contributed by atoms with Gasteiger partial charge in [-0.25, -0.2) is 18.2 Å². The molecule has 2 rings (SSSR count). The van der Waals surface area contributed by atoms with Crippen LogP contribution in [0.15, 0.2) is 41.3 Å². The summed E-state index contributed by atoms with van der Waals surface area (Å²) in [7, 11) is -0.874. The summed E-state index contributed by atoms with van der Waals surface area (Å²) in [4.78, 5) is 11.9. The highest BCUT2D eigenvalue weighted by atomic mass is 127. The van der Waals surface area contributed by atoms with E-state index in [4.69, 9.17) is 16.8 Å². The second-order valence-corrected chi connectivity index (χ2v) is 8.99. The maximum Gasteiger partial charge on any atom is 0.276 e.